The number of hydrogen-bond acceptors (Lipinski definition) is 5. The molecular weight excluding hydrogens is 236 g/mol. The van der Waals surface area contributed by atoms with Gasteiger partial charge in [0, 0.05) is 20.1 Å². The van der Waals surface area contributed by atoms with Crippen molar-refractivity contribution in [1.29, 1.82) is 0 Å². The van der Waals surface area contributed by atoms with Crippen LogP contribution in [-0.2, 0) is 7.05 Å². The topological polar surface area (TPSA) is 84.4 Å². The van der Waals surface area contributed by atoms with Gasteiger partial charge in [0.15, 0.2) is 0 Å². The molecule has 1 aromatic rings. The Morgan fingerprint density at radius 3 is 2.67 bits per heavy atom. The van der Waals surface area contributed by atoms with Crippen LogP contribution < -0.4 is 4.90 Å². The Kier molecular flexibility index (Phi) is 3.51. The summed E-state index contributed by atoms with van der Waals surface area (Å²) in [6, 6.07) is 0. The number of rotatable bonds is 3. The minimum atomic E-state index is -0.400. The Labute approximate surface area is 105 Å². The smallest absolute Gasteiger partial charge is 0.330 e. The molecule has 0 aliphatic carbocycles. The van der Waals surface area contributed by atoms with Gasteiger partial charge in [-0.05, 0) is 25.7 Å². The first-order valence-electron chi connectivity index (χ1n) is 6.10. The first kappa shape index (κ1) is 12.8. The average molecular weight is 254 g/mol. The monoisotopic (exact) mass is 254 g/mol. The molecular formula is C11H18N4O3. The third kappa shape index (κ3) is 2.45. The van der Waals surface area contributed by atoms with Crippen LogP contribution in [0.3, 0.4) is 0 Å². The van der Waals surface area contributed by atoms with E-state index in [9.17, 15) is 15.2 Å². The highest BCUT2D eigenvalue weighted by molar-refractivity contribution is 5.56. The van der Waals surface area contributed by atoms with Gasteiger partial charge in [0.05, 0.1) is 11.0 Å². The van der Waals surface area contributed by atoms with Gasteiger partial charge in [-0.3, -0.25) is 14.8 Å². The summed E-state index contributed by atoms with van der Waals surface area (Å²) >= 11 is 0. The van der Waals surface area contributed by atoms with Gasteiger partial charge < -0.3 is 10.0 Å². The van der Waals surface area contributed by atoms with E-state index in [4.69, 9.17) is 0 Å². The van der Waals surface area contributed by atoms with Crippen LogP contribution in [0.5, 0.6) is 0 Å². The molecule has 7 nitrogen and oxygen atoms in total. The molecule has 18 heavy (non-hydrogen) atoms. The Hall–Kier alpha value is -1.63. The van der Waals surface area contributed by atoms with Gasteiger partial charge in [-0.25, -0.2) is 0 Å². The molecule has 2 heterocycles. The fourth-order valence-corrected chi connectivity index (χ4v) is 2.41. The van der Waals surface area contributed by atoms with Crippen molar-refractivity contribution in [2.45, 2.75) is 25.9 Å². The van der Waals surface area contributed by atoms with Crippen LogP contribution in [-0.4, -0.2) is 39.0 Å². The molecule has 1 fully saturated rings. The molecule has 1 aliphatic heterocycles. The number of aromatic nitrogens is 2. The molecule has 1 aromatic heterocycles. The minimum absolute atomic E-state index is 0.0491. The molecule has 1 atom stereocenters. The van der Waals surface area contributed by atoms with Crippen molar-refractivity contribution < 1.29 is 10.0 Å². The summed E-state index contributed by atoms with van der Waals surface area (Å²) in [6.45, 7) is 3.20. The van der Waals surface area contributed by atoms with Crippen LogP contribution in [0.4, 0.5) is 11.5 Å². The fourth-order valence-electron chi connectivity index (χ4n) is 2.41. The molecule has 0 bridgehead atoms. The number of piperidine rings is 1. The molecule has 0 saturated carbocycles. The highest BCUT2D eigenvalue weighted by Gasteiger charge is 2.29. The maximum Gasteiger partial charge on any atom is 0.330 e. The largest absolute Gasteiger partial charge is 0.393 e. The Morgan fingerprint density at radius 1 is 1.56 bits per heavy atom. The standard InChI is InChI=1S/C11H18N4O3/c1-8(16)9-3-5-14(6-4-9)11-10(15(17)18)7-13(2)12-11/h7-9,16H,3-6H2,1-2H3. The van der Waals surface area contributed by atoms with Gasteiger partial charge >= 0.3 is 5.69 Å². The highest BCUT2D eigenvalue weighted by Crippen LogP contribution is 2.30. The summed E-state index contributed by atoms with van der Waals surface area (Å²) in [6.07, 6.45) is 2.79. The van der Waals surface area contributed by atoms with E-state index in [1.54, 1.807) is 14.0 Å². The molecule has 2 rings (SSSR count). The Bertz CT molecular complexity index is 435. The number of nitrogens with zero attached hydrogens (tertiary/aromatic N) is 4. The van der Waals surface area contributed by atoms with E-state index in [0.717, 1.165) is 12.8 Å². The van der Waals surface area contributed by atoms with Crippen molar-refractivity contribution >= 4 is 11.5 Å². The second-order valence-corrected chi connectivity index (χ2v) is 4.83. The Morgan fingerprint density at radius 2 is 2.17 bits per heavy atom. The van der Waals surface area contributed by atoms with Crippen LogP contribution in [0.25, 0.3) is 0 Å². The van der Waals surface area contributed by atoms with E-state index in [-0.39, 0.29) is 17.7 Å². The molecule has 100 valence electrons. The molecule has 1 unspecified atom stereocenters. The third-order valence-electron chi connectivity index (χ3n) is 3.51. The van der Waals surface area contributed by atoms with Crippen molar-refractivity contribution in [3.8, 4) is 0 Å². The molecule has 0 amide bonds. The van der Waals surface area contributed by atoms with E-state index < -0.39 is 4.92 Å². The number of nitro groups is 1. The lowest BCUT2D eigenvalue weighted by atomic mass is 9.92. The number of aliphatic hydroxyl groups is 1. The average Bonchev–Trinajstić information content (AvgIpc) is 2.71. The van der Waals surface area contributed by atoms with E-state index in [1.807, 2.05) is 4.90 Å². The van der Waals surface area contributed by atoms with E-state index in [1.165, 1.54) is 10.9 Å². The molecule has 1 aliphatic rings. The molecule has 1 saturated heterocycles. The predicted octanol–water partition coefficient (Wildman–Crippen LogP) is 0.925. The van der Waals surface area contributed by atoms with Gasteiger partial charge in [0.2, 0.25) is 5.82 Å². The van der Waals surface area contributed by atoms with Gasteiger partial charge in [0.25, 0.3) is 0 Å². The molecule has 0 aromatic carbocycles. The predicted molar refractivity (Wildman–Crippen MR) is 66.5 cm³/mol. The summed E-state index contributed by atoms with van der Waals surface area (Å²) in [4.78, 5) is 12.5. The maximum atomic E-state index is 10.9. The first-order valence-corrected chi connectivity index (χ1v) is 6.10. The van der Waals surface area contributed by atoms with Crippen LogP contribution in [0, 0.1) is 16.0 Å². The summed E-state index contributed by atoms with van der Waals surface area (Å²) in [5, 5.41) is 24.6. The number of anilines is 1. The first-order chi connectivity index (χ1) is 8.49. The maximum absolute atomic E-state index is 10.9. The Balaban J connectivity index is 2.12. The van der Waals surface area contributed by atoms with Crippen molar-refractivity contribution in [1.82, 2.24) is 9.78 Å². The second kappa shape index (κ2) is 4.93. The summed E-state index contributed by atoms with van der Waals surface area (Å²) < 4.78 is 1.47. The van der Waals surface area contributed by atoms with Crippen LogP contribution in [0.2, 0.25) is 0 Å². The quantitative estimate of drug-likeness (QED) is 0.640. The lowest BCUT2D eigenvalue weighted by Gasteiger charge is -2.32. The van der Waals surface area contributed by atoms with Gasteiger partial charge in [-0.15, -0.1) is 5.10 Å². The number of aliphatic hydroxyl groups excluding tert-OH is 1. The SMILES string of the molecule is CC(O)C1CCN(c2nn(C)cc2[N+](=O)[O-])CC1. The van der Waals surface area contributed by atoms with Crippen LogP contribution in [0.1, 0.15) is 19.8 Å². The zero-order chi connectivity index (χ0) is 13.3. The van der Waals surface area contributed by atoms with Crippen LogP contribution in [0.15, 0.2) is 6.20 Å². The lowest BCUT2D eigenvalue weighted by Crippen LogP contribution is -2.37. The minimum Gasteiger partial charge on any atom is -0.393 e. The van der Waals surface area contributed by atoms with E-state index in [0.29, 0.717) is 18.9 Å². The van der Waals surface area contributed by atoms with Crippen molar-refractivity contribution in [2.75, 3.05) is 18.0 Å². The second-order valence-electron chi connectivity index (χ2n) is 4.83. The van der Waals surface area contributed by atoms with Crippen molar-refractivity contribution in [2.24, 2.45) is 13.0 Å². The fraction of sp³-hybridized carbons (Fsp3) is 0.727. The van der Waals surface area contributed by atoms with Crippen molar-refractivity contribution in [3.63, 3.8) is 0 Å². The molecule has 1 N–H and O–H groups in total. The highest BCUT2D eigenvalue weighted by atomic mass is 16.6. The number of aryl methyl sites for hydroxylation is 1. The van der Waals surface area contributed by atoms with E-state index in [2.05, 4.69) is 5.10 Å². The number of hydrogen-bond donors (Lipinski definition) is 1. The van der Waals surface area contributed by atoms with Gasteiger partial charge in [-0.2, -0.15) is 0 Å². The van der Waals surface area contributed by atoms with Crippen LogP contribution >= 0.6 is 0 Å². The zero-order valence-electron chi connectivity index (χ0n) is 10.6. The van der Waals surface area contributed by atoms with Gasteiger partial charge in [0.1, 0.15) is 6.20 Å². The summed E-state index contributed by atoms with van der Waals surface area (Å²) in [7, 11) is 1.68. The lowest BCUT2D eigenvalue weighted by molar-refractivity contribution is -0.384. The summed E-state index contributed by atoms with van der Waals surface area (Å²) in [5.41, 5.74) is 0.0491. The molecule has 0 spiro atoms. The molecule has 7 heteroatoms. The van der Waals surface area contributed by atoms with E-state index >= 15 is 0 Å². The van der Waals surface area contributed by atoms with Gasteiger partial charge in [-0.1, -0.05) is 0 Å². The zero-order valence-corrected chi connectivity index (χ0v) is 10.6. The summed E-state index contributed by atoms with van der Waals surface area (Å²) in [5.74, 6) is 0.718. The third-order valence-corrected chi connectivity index (χ3v) is 3.51. The normalized spacial score (nSPS) is 18.9. The van der Waals surface area contributed by atoms with Crippen molar-refractivity contribution in [3.05, 3.63) is 16.3 Å². The molecule has 0 radical (unpaired) electrons.